The predicted octanol–water partition coefficient (Wildman–Crippen LogP) is 4.71. The van der Waals surface area contributed by atoms with Gasteiger partial charge in [0.15, 0.2) is 0 Å². The molecular formula is C19H23N3. The molecule has 0 aliphatic rings. The van der Waals surface area contributed by atoms with E-state index in [2.05, 4.69) is 79.2 Å². The smallest absolute Gasteiger partial charge is 0.129 e. The molecule has 2 aromatic carbocycles. The van der Waals surface area contributed by atoms with Crippen LogP contribution in [0.2, 0.25) is 0 Å². The van der Waals surface area contributed by atoms with Crippen LogP contribution in [-0.2, 0) is 6.42 Å². The van der Waals surface area contributed by atoms with Crippen molar-refractivity contribution < 1.29 is 0 Å². The molecule has 1 atom stereocenters. The Kier molecular flexibility index (Phi) is 4.14. The molecule has 0 aliphatic heterocycles. The van der Waals surface area contributed by atoms with E-state index in [1.807, 2.05) is 0 Å². The van der Waals surface area contributed by atoms with E-state index in [0.717, 1.165) is 29.8 Å². The van der Waals surface area contributed by atoms with Crippen molar-refractivity contribution in [3.05, 3.63) is 59.9 Å². The predicted molar refractivity (Wildman–Crippen MR) is 93.3 cm³/mol. The summed E-state index contributed by atoms with van der Waals surface area (Å²) in [4.78, 5) is 10.6. The molecular weight excluding hydrogens is 270 g/mol. The van der Waals surface area contributed by atoms with E-state index < -0.39 is 0 Å². The molecule has 1 heterocycles. The van der Waals surface area contributed by atoms with E-state index in [1.165, 1.54) is 11.3 Å². The van der Waals surface area contributed by atoms with Crippen LogP contribution in [0, 0.1) is 0 Å². The molecule has 3 aromatic rings. The molecule has 3 heteroatoms. The molecule has 1 unspecified atom stereocenters. The molecule has 1 aromatic heterocycles. The van der Waals surface area contributed by atoms with E-state index >= 15 is 0 Å². The number of H-pyrrole nitrogens is 1. The third-order valence-electron chi connectivity index (χ3n) is 4.26. The first-order valence-corrected chi connectivity index (χ1v) is 8.03. The minimum Gasteiger partial charge on any atom is -0.362 e. The van der Waals surface area contributed by atoms with E-state index in [-0.39, 0.29) is 6.04 Å². The molecule has 0 saturated carbocycles. The first-order valence-electron chi connectivity index (χ1n) is 8.03. The van der Waals surface area contributed by atoms with Gasteiger partial charge in [-0.3, -0.25) is 0 Å². The summed E-state index contributed by atoms with van der Waals surface area (Å²) in [7, 11) is 0. The summed E-state index contributed by atoms with van der Waals surface area (Å²) >= 11 is 0. The Bertz CT molecular complexity index is 746. The van der Waals surface area contributed by atoms with E-state index in [9.17, 15) is 0 Å². The van der Waals surface area contributed by atoms with Gasteiger partial charge in [0.1, 0.15) is 5.82 Å². The lowest BCUT2D eigenvalue weighted by Gasteiger charge is -2.28. The standard InChI is InChI=1S/C19H23N3/c1-4-15-11-12-17-18(13-15)21-19(20-17)14(3)22(5-2)16-9-7-6-8-10-16/h6-14H,4-5H2,1-3H3,(H,20,21). The maximum absolute atomic E-state index is 4.79. The lowest BCUT2D eigenvalue weighted by molar-refractivity contribution is 0.658. The highest BCUT2D eigenvalue weighted by Crippen LogP contribution is 2.26. The Labute approximate surface area is 132 Å². The third kappa shape index (κ3) is 2.71. The monoisotopic (exact) mass is 293 g/mol. The number of aromatic amines is 1. The fraction of sp³-hybridized carbons (Fsp3) is 0.316. The zero-order valence-corrected chi connectivity index (χ0v) is 13.5. The van der Waals surface area contributed by atoms with Gasteiger partial charge >= 0.3 is 0 Å². The molecule has 0 radical (unpaired) electrons. The van der Waals surface area contributed by atoms with Crippen LogP contribution in [0.25, 0.3) is 11.0 Å². The summed E-state index contributed by atoms with van der Waals surface area (Å²) in [5, 5.41) is 0. The number of nitrogens with zero attached hydrogens (tertiary/aromatic N) is 2. The second-order valence-electron chi connectivity index (χ2n) is 5.62. The van der Waals surface area contributed by atoms with E-state index in [4.69, 9.17) is 4.98 Å². The second kappa shape index (κ2) is 6.22. The van der Waals surface area contributed by atoms with Gasteiger partial charge in [0.2, 0.25) is 0 Å². The van der Waals surface area contributed by atoms with Gasteiger partial charge in [0, 0.05) is 12.2 Å². The number of aryl methyl sites for hydroxylation is 1. The van der Waals surface area contributed by atoms with E-state index in [1.54, 1.807) is 0 Å². The average molecular weight is 293 g/mol. The van der Waals surface area contributed by atoms with Gasteiger partial charge in [-0.2, -0.15) is 0 Å². The van der Waals surface area contributed by atoms with Gasteiger partial charge in [-0.1, -0.05) is 31.2 Å². The van der Waals surface area contributed by atoms with Crippen LogP contribution in [0.4, 0.5) is 5.69 Å². The molecule has 0 aliphatic carbocycles. The van der Waals surface area contributed by atoms with Crippen molar-refractivity contribution in [2.75, 3.05) is 11.4 Å². The minimum atomic E-state index is 0.213. The Morgan fingerprint density at radius 3 is 2.55 bits per heavy atom. The summed E-state index contributed by atoms with van der Waals surface area (Å²) in [6.07, 6.45) is 1.05. The number of imidazole rings is 1. The Morgan fingerprint density at radius 1 is 1.09 bits per heavy atom. The zero-order chi connectivity index (χ0) is 15.5. The highest BCUT2D eigenvalue weighted by atomic mass is 15.2. The Balaban J connectivity index is 1.95. The second-order valence-corrected chi connectivity index (χ2v) is 5.62. The fourth-order valence-corrected chi connectivity index (χ4v) is 2.94. The molecule has 0 bridgehead atoms. The minimum absolute atomic E-state index is 0.213. The quantitative estimate of drug-likeness (QED) is 0.738. The topological polar surface area (TPSA) is 31.9 Å². The summed E-state index contributed by atoms with van der Waals surface area (Å²) in [5.41, 5.74) is 4.74. The van der Waals surface area contributed by atoms with Crippen molar-refractivity contribution in [3.8, 4) is 0 Å². The Morgan fingerprint density at radius 2 is 1.86 bits per heavy atom. The van der Waals surface area contributed by atoms with Crippen molar-refractivity contribution in [1.82, 2.24) is 9.97 Å². The normalized spacial score (nSPS) is 12.5. The first kappa shape index (κ1) is 14.6. The van der Waals surface area contributed by atoms with Crippen molar-refractivity contribution in [2.45, 2.75) is 33.2 Å². The highest BCUT2D eigenvalue weighted by molar-refractivity contribution is 5.76. The van der Waals surface area contributed by atoms with Crippen LogP contribution in [-0.4, -0.2) is 16.5 Å². The molecule has 1 N–H and O–H groups in total. The van der Waals surface area contributed by atoms with Crippen LogP contribution in [0.5, 0.6) is 0 Å². The zero-order valence-electron chi connectivity index (χ0n) is 13.5. The number of hydrogen-bond acceptors (Lipinski definition) is 2. The molecule has 0 fully saturated rings. The van der Waals surface area contributed by atoms with Gasteiger partial charge in [-0.05, 0) is 50.1 Å². The first-order chi connectivity index (χ1) is 10.7. The molecule has 0 amide bonds. The van der Waals surface area contributed by atoms with Crippen molar-refractivity contribution in [1.29, 1.82) is 0 Å². The molecule has 3 nitrogen and oxygen atoms in total. The van der Waals surface area contributed by atoms with Crippen LogP contribution in [0.15, 0.2) is 48.5 Å². The van der Waals surface area contributed by atoms with Gasteiger partial charge in [-0.25, -0.2) is 4.98 Å². The number of nitrogens with one attached hydrogen (secondary N) is 1. The van der Waals surface area contributed by atoms with Crippen molar-refractivity contribution >= 4 is 16.7 Å². The molecule has 0 saturated heterocycles. The van der Waals surface area contributed by atoms with Crippen LogP contribution < -0.4 is 4.90 Å². The summed E-state index contributed by atoms with van der Waals surface area (Å²) < 4.78 is 0. The molecule has 0 spiro atoms. The van der Waals surface area contributed by atoms with Crippen molar-refractivity contribution in [2.24, 2.45) is 0 Å². The fourth-order valence-electron chi connectivity index (χ4n) is 2.94. The van der Waals surface area contributed by atoms with Gasteiger partial charge in [-0.15, -0.1) is 0 Å². The maximum atomic E-state index is 4.79. The Hall–Kier alpha value is -2.29. The summed E-state index contributed by atoms with van der Waals surface area (Å²) in [5.74, 6) is 1.02. The number of fused-ring (bicyclic) bond motifs is 1. The van der Waals surface area contributed by atoms with Crippen LogP contribution >= 0.6 is 0 Å². The SMILES string of the molecule is CCc1ccc2nc(C(C)N(CC)c3ccccc3)[nH]c2c1. The van der Waals surface area contributed by atoms with Gasteiger partial charge < -0.3 is 9.88 Å². The third-order valence-corrected chi connectivity index (χ3v) is 4.26. The van der Waals surface area contributed by atoms with Crippen LogP contribution in [0.1, 0.15) is 38.2 Å². The lowest BCUT2D eigenvalue weighted by atomic mass is 10.1. The van der Waals surface area contributed by atoms with E-state index in [0.29, 0.717) is 0 Å². The number of hydrogen-bond donors (Lipinski definition) is 1. The molecule has 3 rings (SSSR count). The summed E-state index contributed by atoms with van der Waals surface area (Å²) in [6.45, 7) is 7.51. The van der Waals surface area contributed by atoms with Crippen molar-refractivity contribution in [3.63, 3.8) is 0 Å². The number of benzene rings is 2. The highest BCUT2D eigenvalue weighted by Gasteiger charge is 2.18. The van der Waals surface area contributed by atoms with Crippen LogP contribution in [0.3, 0.4) is 0 Å². The maximum Gasteiger partial charge on any atom is 0.129 e. The molecule has 22 heavy (non-hydrogen) atoms. The number of para-hydroxylation sites is 1. The van der Waals surface area contributed by atoms with Gasteiger partial charge in [0.05, 0.1) is 17.1 Å². The largest absolute Gasteiger partial charge is 0.362 e. The summed E-state index contributed by atoms with van der Waals surface area (Å²) in [6, 6.07) is 17.2. The lowest BCUT2D eigenvalue weighted by Crippen LogP contribution is -2.27. The number of rotatable bonds is 5. The number of aromatic nitrogens is 2. The van der Waals surface area contributed by atoms with Gasteiger partial charge in [0.25, 0.3) is 0 Å². The number of anilines is 1. The average Bonchev–Trinajstić information content (AvgIpc) is 2.99. The molecule has 114 valence electrons.